The highest BCUT2D eigenvalue weighted by Crippen LogP contribution is 2.23. The van der Waals surface area contributed by atoms with Gasteiger partial charge in [-0.1, -0.05) is 41.9 Å². The van der Waals surface area contributed by atoms with Crippen LogP contribution in [0.2, 0.25) is 5.02 Å². The molecule has 1 aromatic heterocycles. The molecule has 0 aliphatic carbocycles. The van der Waals surface area contributed by atoms with E-state index in [2.05, 4.69) is 14.9 Å². The largest absolute Gasteiger partial charge is 0.395 e. The molecule has 0 atom stereocenters. The number of aliphatic hydroxyl groups is 1. The molecule has 3 rings (SSSR count). The highest BCUT2D eigenvalue weighted by atomic mass is 35.5. The van der Waals surface area contributed by atoms with Gasteiger partial charge in [-0.25, -0.2) is 4.98 Å². The van der Waals surface area contributed by atoms with Gasteiger partial charge in [-0.05, 0) is 23.8 Å². The van der Waals surface area contributed by atoms with Crippen LogP contribution in [0.25, 0.3) is 11.0 Å². The van der Waals surface area contributed by atoms with E-state index in [0.717, 1.165) is 27.6 Å². The molecule has 0 amide bonds. The van der Waals surface area contributed by atoms with Crippen molar-refractivity contribution in [2.45, 2.75) is 6.54 Å². The summed E-state index contributed by atoms with van der Waals surface area (Å²) in [5, 5.41) is 12.9. The van der Waals surface area contributed by atoms with Crippen LogP contribution in [0, 0.1) is 0 Å². The molecule has 0 saturated heterocycles. The van der Waals surface area contributed by atoms with E-state index in [1.807, 2.05) is 48.5 Å². The lowest BCUT2D eigenvalue weighted by atomic mass is 10.2. The summed E-state index contributed by atoms with van der Waals surface area (Å²) >= 11 is 6.25. The van der Waals surface area contributed by atoms with Gasteiger partial charge in [0.15, 0.2) is 0 Å². The molecule has 0 aliphatic rings. The first-order valence-electron chi connectivity index (χ1n) is 6.83. The lowest BCUT2D eigenvalue weighted by Gasteiger charge is -2.11. The van der Waals surface area contributed by atoms with Gasteiger partial charge >= 0.3 is 0 Å². The number of nitrogens with zero attached hydrogens (tertiary/aromatic N) is 2. The third-order valence-electron chi connectivity index (χ3n) is 3.34. The molecule has 2 aromatic carbocycles. The third kappa shape index (κ3) is 2.86. The summed E-state index contributed by atoms with van der Waals surface area (Å²) in [6.07, 6.45) is 0. The monoisotopic (exact) mass is 301 g/mol. The van der Waals surface area contributed by atoms with Gasteiger partial charge in [-0.2, -0.15) is 0 Å². The van der Waals surface area contributed by atoms with Gasteiger partial charge in [0.05, 0.1) is 24.2 Å². The lowest BCUT2D eigenvalue weighted by molar-refractivity contribution is 0.310. The first kappa shape index (κ1) is 13.9. The fourth-order valence-electron chi connectivity index (χ4n) is 2.34. The Hall–Kier alpha value is -2.04. The van der Waals surface area contributed by atoms with Crippen LogP contribution in [0.1, 0.15) is 5.56 Å². The minimum Gasteiger partial charge on any atom is -0.395 e. The lowest BCUT2D eigenvalue weighted by Crippen LogP contribution is -2.12. The Morgan fingerprint density at radius 3 is 2.67 bits per heavy atom. The van der Waals surface area contributed by atoms with E-state index in [1.165, 1.54) is 0 Å². The van der Waals surface area contributed by atoms with Gasteiger partial charge in [0, 0.05) is 11.6 Å². The standard InChI is InChI=1S/C16H16ClN3O/c17-13-6-2-1-5-12(13)11-20-15-8-4-3-7-14(15)19-16(20)18-9-10-21/h1-8,21H,9-11H2,(H,18,19). The minimum atomic E-state index is 0.0648. The molecule has 0 aliphatic heterocycles. The van der Waals surface area contributed by atoms with Crippen LogP contribution in [0.5, 0.6) is 0 Å². The number of rotatable bonds is 5. The second-order valence-corrected chi connectivity index (χ2v) is 5.16. The van der Waals surface area contributed by atoms with Crippen LogP contribution in [-0.4, -0.2) is 27.8 Å². The van der Waals surface area contributed by atoms with Gasteiger partial charge in [0.2, 0.25) is 5.95 Å². The van der Waals surface area contributed by atoms with Gasteiger partial charge in [-0.15, -0.1) is 0 Å². The number of hydrogen-bond donors (Lipinski definition) is 2. The van der Waals surface area contributed by atoms with Crippen LogP contribution in [0.15, 0.2) is 48.5 Å². The number of fused-ring (bicyclic) bond motifs is 1. The Labute approximate surface area is 128 Å². The molecule has 0 radical (unpaired) electrons. The van der Waals surface area contributed by atoms with Crippen molar-refractivity contribution in [3.8, 4) is 0 Å². The molecule has 0 unspecified atom stereocenters. The fraction of sp³-hybridized carbons (Fsp3) is 0.188. The smallest absolute Gasteiger partial charge is 0.204 e. The maximum atomic E-state index is 9.01. The van der Waals surface area contributed by atoms with E-state index < -0.39 is 0 Å². The second-order valence-electron chi connectivity index (χ2n) is 4.75. The molecule has 0 fully saturated rings. The summed E-state index contributed by atoms with van der Waals surface area (Å²) in [6, 6.07) is 15.7. The topological polar surface area (TPSA) is 50.1 Å². The summed E-state index contributed by atoms with van der Waals surface area (Å²) < 4.78 is 2.08. The van der Waals surface area contributed by atoms with Crippen molar-refractivity contribution in [3.63, 3.8) is 0 Å². The summed E-state index contributed by atoms with van der Waals surface area (Å²) in [5.74, 6) is 0.741. The number of aliphatic hydroxyl groups excluding tert-OH is 1. The van der Waals surface area contributed by atoms with Gasteiger partial charge in [0.1, 0.15) is 0 Å². The molecule has 0 saturated carbocycles. The number of hydrogen-bond acceptors (Lipinski definition) is 3. The number of anilines is 1. The van der Waals surface area contributed by atoms with E-state index in [1.54, 1.807) is 0 Å². The SMILES string of the molecule is OCCNc1nc2ccccc2n1Cc1ccccc1Cl. The Morgan fingerprint density at radius 2 is 1.86 bits per heavy atom. The van der Waals surface area contributed by atoms with Crippen LogP contribution in [0.3, 0.4) is 0 Å². The van der Waals surface area contributed by atoms with Crippen molar-refractivity contribution in [1.29, 1.82) is 0 Å². The molecule has 21 heavy (non-hydrogen) atoms. The Bertz CT molecular complexity index is 754. The summed E-state index contributed by atoms with van der Waals surface area (Å²) in [7, 11) is 0. The van der Waals surface area contributed by atoms with Gasteiger partial charge in [-0.3, -0.25) is 0 Å². The van der Waals surface area contributed by atoms with Crippen LogP contribution >= 0.6 is 11.6 Å². The minimum absolute atomic E-state index is 0.0648. The van der Waals surface area contributed by atoms with E-state index >= 15 is 0 Å². The summed E-state index contributed by atoms with van der Waals surface area (Å²) in [5.41, 5.74) is 3.00. The van der Waals surface area contributed by atoms with Crippen LogP contribution in [-0.2, 0) is 6.54 Å². The molecular weight excluding hydrogens is 286 g/mol. The first-order valence-corrected chi connectivity index (χ1v) is 7.21. The van der Waals surface area contributed by atoms with Crippen molar-refractivity contribution in [2.24, 2.45) is 0 Å². The molecule has 0 bridgehead atoms. The normalized spacial score (nSPS) is 11.0. The van der Waals surface area contributed by atoms with Crippen LogP contribution < -0.4 is 5.32 Å². The maximum Gasteiger partial charge on any atom is 0.204 e. The number of aromatic nitrogens is 2. The van der Waals surface area contributed by atoms with Gasteiger partial charge in [0.25, 0.3) is 0 Å². The van der Waals surface area contributed by atoms with E-state index in [0.29, 0.717) is 13.1 Å². The predicted molar refractivity (Wildman–Crippen MR) is 85.9 cm³/mol. The van der Waals surface area contributed by atoms with Crippen molar-refractivity contribution < 1.29 is 5.11 Å². The summed E-state index contributed by atoms with van der Waals surface area (Å²) in [4.78, 5) is 4.57. The van der Waals surface area contributed by atoms with Crippen molar-refractivity contribution in [2.75, 3.05) is 18.5 Å². The van der Waals surface area contributed by atoms with Crippen molar-refractivity contribution >= 4 is 28.6 Å². The van der Waals surface area contributed by atoms with Crippen molar-refractivity contribution in [1.82, 2.24) is 9.55 Å². The van der Waals surface area contributed by atoms with E-state index in [9.17, 15) is 0 Å². The molecule has 2 N–H and O–H groups in total. The Kier molecular flexibility index (Phi) is 4.08. The van der Waals surface area contributed by atoms with E-state index in [4.69, 9.17) is 16.7 Å². The Balaban J connectivity index is 2.04. The number of benzene rings is 2. The third-order valence-corrected chi connectivity index (χ3v) is 3.70. The number of nitrogens with one attached hydrogen (secondary N) is 1. The summed E-state index contributed by atoms with van der Waals surface area (Å²) in [6.45, 7) is 1.16. The molecule has 3 aromatic rings. The second kappa shape index (κ2) is 6.16. The average molecular weight is 302 g/mol. The highest BCUT2D eigenvalue weighted by Gasteiger charge is 2.11. The molecule has 0 spiro atoms. The maximum absolute atomic E-state index is 9.01. The number of halogens is 1. The zero-order chi connectivity index (χ0) is 14.7. The predicted octanol–water partition coefficient (Wildman–Crippen LogP) is 3.14. The molecule has 5 heteroatoms. The van der Waals surface area contributed by atoms with Gasteiger partial charge < -0.3 is 15.0 Å². The molecule has 4 nitrogen and oxygen atoms in total. The number of imidazole rings is 1. The highest BCUT2D eigenvalue weighted by molar-refractivity contribution is 6.31. The fourth-order valence-corrected chi connectivity index (χ4v) is 2.53. The van der Waals surface area contributed by atoms with E-state index in [-0.39, 0.29) is 6.61 Å². The average Bonchev–Trinajstić information content (AvgIpc) is 2.85. The molecule has 1 heterocycles. The Morgan fingerprint density at radius 1 is 1.10 bits per heavy atom. The quantitative estimate of drug-likeness (QED) is 0.761. The molecule has 108 valence electrons. The zero-order valence-electron chi connectivity index (χ0n) is 11.5. The zero-order valence-corrected chi connectivity index (χ0v) is 12.2. The first-order chi connectivity index (χ1) is 10.3. The molecular formula is C16H16ClN3O. The van der Waals surface area contributed by atoms with Crippen molar-refractivity contribution in [3.05, 3.63) is 59.1 Å². The van der Waals surface area contributed by atoms with Crippen LogP contribution in [0.4, 0.5) is 5.95 Å². The number of para-hydroxylation sites is 2.